The highest BCUT2D eigenvalue weighted by Crippen LogP contribution is 2.17. The molecule has 0 saturated carbocycles. The fourth-order valence-electron chi connectivity index (χ4n) is 2.53. The molecule has 0 bridgehead atoms. The van der Waals surface area contributed by atoms with E-state index in [-0.39, 0.29) is 6.54 Å². The predicted molar refractivity (Wildman–Crippen MR) is 100 cm³/mol. The van der Waals surface area contributed by atoms with Crippen LogP contribution in [0.2, 0.25) is 0 Å². The molecule has 3 rings (SSSR count). The molecule has 0 aliphatic rings. The van der Waals surface area contributed by atoms with Crippen LogP contribution in [0.25, 0.3) is 0 Å². The lowest BCUT2D eigenvalue weighted by atomic mass is 10.2. The van der Waals surface area contributed by atoms with E-state index in [9.17, 15) is 9.59 Å². The fourth-order valence-corrected chi connectivity index (χ4v) is 2.53. The number of carbonyl (C=O) groups excluding carboxylic acids is 2. The van der Waals surface area contributed by atoms with Crippen molar-refractivity contribution in [3.8, 4) is 0 Å². The van der Waals surface area contributed by atoms with Crippen molar-refractivity contribution in [2.45, 2.75) is 13.1 Å². The Bertz CT molecular complexity index is 852. The molecular formula is C21H19N3O2. The van der Waals surface area contributed by atoms with Crippen LogP contribution in [-0.4, -0.2) is 16.8 Å². The third kappa shape index (κ3) is 4.54. The summed E-state index contributed by atoms with van der Waals surface area (Å²) in [6.45, 7) is 0.528. The Morgan fingerprint density at radius 2 is 1.50 bits per heavy atom. The van der Waals surface area contributed by atoms with Crippen molar-refractivity contribution >= 4 is 17.5 Å². The van der Waals surface area contributed by atoms with Crippen molar-refractivity contribution in [1.29, 1.82) is 0 Å². The Kier molecular flexibility index (Phi) is 5.72. The molecule has 0 spiro atoms. The number of pyridine rings is 1. The van der Waals surface area contributed by atoms with Crippen molar-refractivity contribution in [1.82, 2.24) is 10.3 Å². The van der Waals surface area contributed by atoms with Crippen LogP contribution in [0, 0.1) is 0 Å². The van der Waals surface area contributed by atoms with Crippen molar-refractivity contribution in [2.75, 3.05) is 4.90 Å². The number of nitrogens with zero attached hydrogens (tertiary/aromatic N) is 2. The van der Waals surface area contributed by atoms with E-state index in [0.29, 0.717) is 17.9 Å². The SMILES string of the molecule is O=C(NCc1ccccn1)C(=O)N(Cc1ccccc1)c1ccccc1. The van der Waals surface area contributed by atoms with E-state index in [0.717, 1.165) is 5.56 Å². The summed E-state index contributed by atoms with van der Waals surface area (Å²) in [7, 11) is 0. The molecule has 1 N–H and O–H groups in total. The van der Waals surface area contributed by atoms with Crippen molar-refractivity contribution in [2.24, 2.45) is 0 Å². The van der Waals surface area contributed by atoms with Gasteiger partial charge >= 0.3 is 11.8 Å². The zero-order valence-corrected chi connectivity index (χ0v) is 14.2. The predicted octanol–water partition coefficient (Wildman–Crippen LogP) is 2.93. The Labute approximate surface area is 152 Å². The van der Waals surface area contributed by atoms with Crippen LogP contribution in [-0.2, 0) is 22.7 Å². The Morgan fingerprint density at radius 3 is 2.15 bits per heavy atom. The van der Waals surface area contributed by atoms with Gasteiger partial charge in [-0.1, -0.05) is 54.6 Å². The summed E-state index contributed by atoms with van der Waals surface area (Å²) in [6.07, 6.45) is 1.65. The van der Waals surface area contributed by atoms with Crippen LogP contribution in [0.5, 0.6) is 0 Å². The molecule has 5 nitrogen and oxygen atoms in total. The third-order valence-electron chi connectivity index (χ3n) is 3.85. The first-order chi connectivity index (χ1) is 12.7. The second kappa shape index (κ2) is 8.58. The monoisotopic (exact) mass is 345 g/mol. The Morgan fingerprint density at radius 1 is 0.846 bits per heavy atom. The van der Waals surface area contributed by atoms with Gasteiger partial charge in [0.15, 0.2) is 0 Å². The summed E-state index contributed by atoms with van der Waals surface area (Å²) in [5.41, 5.74) is 2.32. The smallest absolute Gasteiger partial charge is 0.316 e. The Balaban J connectivity index is 1.75. The maximum absolute atomic E-state index is 12.8. The number of nitrogens with one attached hydrogen (secondary N) is 1. The molecule has 2 amide bonds. The lowest BCUT2D eigenvalue weighted by Gasteiger charge is -2.22. The van der Waals surface area contributed by atoms with E-state index >= 15 is 0 Å². The van der Waals surface area contributed by atoms with E-state index in [1.807, 2.05) is 66.7 Å². The van der Waals surface area contributed by atoms with Gasteiger partial charge in [-0.05, 0) is 29.8 Å². The number of benzene rings is 2. The van der Waals surface area contributed by atoms with Crippen LogP contribution < -0.4 is 10.2 Å². The lowest BCUT2D eigenvalue weighted by Crippen LogP contribution is -2.42. The van der Waals surface area contributed by atoms with E-state index in [1.54, 1.807) is 18.3 Å². The van der Waals surface area contributed by atoms with E-state index in [2.05, 4.69) is 10.3 Å². The highest BCUT2D eigenvalue weighted by atomic mass is 16.2. The number of amides is 2. The minimum atomic E-state index is -0.657. The second-order valence-electron chi connectivity index (χ2n) is 5.72. The molecule has 5 heteroatoms. The summed E-state index contributed by atoms with van der Waals surface area (Å²) >= 11 is 0. The summed E-state index contributed by atoms with van der Waals surface area (Å²) in [6, 6.07) is 24.2. The van der Waals surface area contributed by atoms with Crippen molar-refractivity contribution in [3.05, 3.63) is 96.3 Å². The third-order valence-corrected chi connectivity index (χ3v) is 3.85. The molecule has 0 fully saturated rings. The quantitative estimate of drug-likeness (QED) is 0.723. The van der Waals surface area contributed by atoms with Crippen LogP contribution in [0.3, 0.4) is 0 Å². The molecule has 0 atom stereocenters. The number of aromatic nitrogens is 1. The van der Waals surface area contributed by atoms with Gasteiger partial charge in [0.25, 0.3) is 0 Å². The minimum Gasteiger partial charge on any atom is -0.342 e. The maximum atomic E-state index is 12.8. The highest BCUT2D eigenvalue weighted by Gasteiger charge is 2.23. The molecule has 3 aromatic rings. The zero-order valence-electron chi connectivity index (χ0n) is 14.2. The molecule has 26 heavy (non-hydrogen) atoms. The molecule has 0 aliphatic carbocycles. The van der Waals surface area contributed by atoms with Gasteiger partial charge in [-0.15, -0.1) is 0 Å². The second-order valence-corrected chi connectivity index (χ2v) is 5.72. The zero-order chi connectivity index (χ0) is 18.2. The van der Waals surface area contributed by atoms with Crippen LogP contribution >= 0.6 is 0 Å². The number of hydrogen-bond acceptors (Lipinski definition) is 3. The topological polar surface area (TPSA) is 62.3 Å². The normalized spacial score (nSPS) is 10.2. The van der Waals surface area contributed by atoms with Gasteiger partial charge in [-0.3, -0.25) is 19.5 Å². The average Bonchev–Trinajstić information content (AvgIpc) is 2.72. The number of para-hydroxylation sites is 1. The highest BCUT2D eigenvalue weighted by molar-refractivity contribution is 6.40. The minimum absolute atomic E-state index is 0.208. The average molecular weight is 345 g/mol. The largest absolute Gasteiger partial charge is 0.342 e. The molecule has 1 aromatic heterocycles. The van der Waals surface area contributed by atoms with Gasteiger partial charge in [0.05, 0.1) is 18.8 Å². The number of hydrogen-bond donors (Lipinski definition) is 1. The van der Waals surface area contributed by atoms with Crippen molar-refractivity contribution < 1.29 is 9.59 Å². The fraction of sp³-hybridized carbons (Fsp3) is 0.0952. The van der Waals surface area contributed by atoms with E-state index in [1.165, 1.54) is 4.90 Å². The van der Waals surface area contributed by atoms with Crippen molar-refractivity contribution in [3.63, 3.8) is 0 Å². The van der Waals surface area contributed by atoms with Crippen LogP contribution in [0.15, 0.2) is 85.1 Å². The molecule has 0 radical (unpaired) electrons. The molecule has 2 aromatic carbocycles. The first kappa shape index (κ1) is 17.4. The standard InChI is InChI=1S/C21H19N3O2/c25-20(23-15-18-11-7-8-14-22-18)21(26)24(19-12-5-2-6-13-19)16-17-9-3-1-4-10-17/h1-14H,15-16H2,(H,23,25). The maximum Gasteiger partial charge on any atom is 0.316 e. The van der Waals surface area contributed by atoms with Gasteiger partial charge in [-0.2, -0.15) is 0 Å². The summed E-state index contributed by atoms with van der Waals surface area (Å²) in [5.74, 6) is -1.26. The van der Waals surface area contributed by atoms with E-state index in [4.69, 9.17) is 0 Å². The number of carbonyl (C=O) groups is 2. The van der Waals surface area contributed by atoms with E-state index < -0.39 is 11.8 Å². The number of rotatable bonds is 5. The van der Waals surface area contributed by atoms with Gasteiger partial charge in [-0.25, -0.2) is 0 Å². The van der Waals surface area contributed by atoms with Gasteiger partial charge in [0.1, 0.15) is 0 Å². The molecule has 0 unspecified atom stereocenters. The molecular weight excluding hydrogens is 326 g/mol. The van der Waals surface area contributed by atoms with Gasteiger partial charge in [0.2, 0.25) is 0 Å². The molecule has 0 aliphatic heterocycles. The van der Waals surface area contributed by atoms with Gasteiger partial charge in [0, 0.05) is 11.9 Å². The molecule has 130 valence electrons. The first-order valence-electron chi connectivity index (χ1n) is 8.32. The molecule has 1 heterocycles. The summed E-state index contributed by atoms with van der Waals surface area (Å²) in [5, 5.41) is 2.64. The van der Waals surface area contributed by atoms with Gasteiger partial charge < -0.3 is 5.32 Å². The molecule has 0 saturated heterocycles. The lowest BCUT2D eigenvalue weighted by molar-refractivity contribution is -0.137. The number of anilines is 1. The summed E-state index contributed by atoms with van der Waals surface area (Å²) < 4.78 is 0. The summed E-state index contributed by atoms with van der Waals surface area (Å²) in [4.78, 5) is 30.8. The Hall–Kier alpha value is -3.47. The van der Waals surface area contributed by atoms with Crippen LogP contribution in [0.4, 0.5) is 5.69 Å². The first-order valence-corrected chi connectivity index (χ1v) is 8.32. The van der Waals surface area contributed by atoms with Crippen LogP contribution in [0.1, 0.15) is 11.3 Å².